The summed E-state index contributed by atoms with van der Waals surface area (Å²) in [5, 5.41) is 10.6. The largest absolute Gasteiger partial charge is 0.497 e. The molecule has 0 bridgehead atoms. The average molecular weight is 396 g/mol. The number of nitrogens with two attached hydrogens (primary N) is 1. The molecule has 9 heteroatoms. The van der Waals surface area contributed by atoms with Crippen molar-refractivity contribution >= 4 is 33.2 Å². The molecule has 0 unspecified atom stereocenters. The van der Waals surface area contributed by atoms with E-state index < -0.39 is 10.0 Å². The third kappa shape index (κ3) is 4.04. The zero-order chi connectivity index (χ0) is 18.2. The highest BCUT2D eigenvalue weighted by Gasteiger charge is 2.12. The van der Waals surface area contributed by atoms with Gasteiger partial charge < -0.3 is 4.74 Å². The van der Waals surface area contributed by atoms with E-state index in [2.05, 4.69) is 5.10 Å². The third-order valence-electron chi connectivity index (χ3n) is 3.85. The summed E-state index contributed by atoms with van der Waals surface area (Å²) in [6, 6.07) is 12.1. The highest BCUT2D eigenvalue weighted by Crippen LogP contribution is 2.27. The van der Waals surface area contributed by atoms with Crippen LogP contribution in [0, 0.1) is 0 Å². The second-order valence-corrected chi connectivity index (χ2v) is 7.31. The van der Waals surface area contributed by atoms with Crippen molar-refractivity contribution in [2.45, 2.75) is 5.75 Å². The molecular formula is C17H18ClN3O4S. The maximum Gasteiger partial charge on any atom is 0.274 e. The molecule has 0 atom stereocenters. The Labute approximate surface area is 156 Å². The lowest BCUT2D eigenvalue weighted by molar-refractivity contribution is 0.415. The summed E-state index contributed by atoms with van der Waals surface area (Å²) in [7, 11) is -0.461. The maximum absolute atomic E-state index is 12.4. The van der Waals surface area contributed by atoms with Gasteiger partial charge in [0, 0.05) is 18.0 Å². The molecule has 0 amide bonds. The number of aromatic nitrogens is 2. The Morgan fingerprint density at radius 3 is 2.35 bits per heavy atom. The van der Waals surface area contributed by atoms with Crippen LogP contribution < -0.4 is 15.4 Å². The van der Waals surface area contributed by atoms with Gasteiger partial charge in [-0.25, -0.2) is 18.2 Å². The summed E-state index contributed by atoms with van der Waals surface area (Å²) in [6.07, 6.45) is 0. The molecule has 3 aromatic rings. The van der Waals surface area contributed by atoms with Crippen molar-refractivity contribution in [3.8, 4) is 17.0 Å². The van der Waals surface area contributed by atoms with Gasteiger partial charge in [0.05, 0.1) is 23.9 Å². The van der Waals surface area contributed by atoms with E-state index in [0.717, 1.165) is 5.56 Å². The van der Waals surface area contributed by atoms with E-state index in [1.807, 2.05) is 0 Å². The van der Waals surface area contributed by atoms with Crippen LogP contribution in [0.3, 0.4) is 0 Å². The van der Waals surface area contributed by atoms with Crippen molar-refractivity contribution in [1.29, 1.82) is 0 Å². The molecule has 0 saturated heterocycles. The Bertz CT molecular complexity index is 1110. The lowest BCUT2D eigenvalue weighted by Gasteiger charge is -2.10. The van der Waals surface area contributed by atoms with Crippen LogP contribution in [0.5, 0.6) is 5.75 Å². The molecule has 138 valence electrons. The number of methoxy groups -OCH3 is 1. The summed E-state index contributed by atoms with van der Waals surface area (Å²) in [4.78, 5) is 12.4. The van der Waals surface area contributed by atoms with Crippen LogP contribution in [0.1, 0.15) is 5.56 Å². The number of nitrogens with zero attached hydrogens (tertiary/aromatic N) is 2. The molecule has 0 saturated carbocycles. The number of rotatable bonds is 4. The summed E-state index contributed by atoms with van der Waals surface area (Å²) in [5.41, 5.74) is 1.76. The number of benzene rings is 2. The van der Waals surface area contributed by atoms with Crippen LogP contribution >= 0.6 is 12.4 Å². The lowest BCUT2D eigenvalue weighted by Crippen LogP contribution is -2.20. The van der Waals surface area contributed by atoms with Crippen LogP contribution in [-0.2, 0) is 22.8 Å². The molecule has 0 aliphatic rings. The van der Waals surface area contributed by atoms with Crippen molar-refractivity contribution in [2.75, 3.05) is 7.11 Å². The van der Waals surface area contributed by atoms with E-state index in [0.29, 0.717) is 27.8 Å². The molecule has 3 rings (SSSR count). The number of hydrogen-bond donors (Lipinski definition) is 1. The van der Waals surface area contributed by atoms with Crippen LogP contribution in [0.2, 0.25) is 0 Å². The van der Waals surface area contributed by atoms with Gasteiger partial charge >= 0.3 is 0 Å². The van der Waals surface area contributed by atoms with Gasteiger partial charge in [-0.15, -0.1) is 12.4 Å². The van der Waals surface area contributed by atoms with Gasteiger partial charge in [-0.1, -0.05) is 24.3 Å². The van der Waals surface area contributed by atoms with Crippen LogP contribution in [0.25, 0.3) is 22.0 Å². The van der Waals surface area contributed by atoms with Gasteiger partial charge in [-0.05, 0) is 23.8 Å². The van der Waals surface area contributed by atoms with Gasteiger partial charge in [-0.2, -0.15) is 5.10 Å². The van der Waals surface area contributed by atoms with Gasteiger partial charge in [0.25, 0.3) is 5.56 Å². The number of sulfonamides is 1. The predicted octanol–water partition coefficient (Wildman–Crippen LogP) is 1.82. The van der Waals surface area contributed by atoms with Gasteiger partial charge in [0.15, 0.2) is 0 Å². The molecule has 0 spiro atoms. The first kappa shape index (κ1) is 19.9. The van der Waals surface area contributed by atoms with Crippen molar-refractivity contribution in [2.24, 2.45) is 12.2 Å². The average Bonchev–Trinajstić information content (AvgIpc) is 2.57. The number of hydrogen-bond acceptors (Lipinski definition) is 5. The summed E-state index contributed by atoms with van der Waals surface area (Å²) in [6.45, 7) is 0. The highest BCUT2D eigenvalue weighted by molar-refractivity contribution is 7.88. The van der Waals surface area contributed by atoms with Crippen LogP contribution in [-0.4, -0.2) is 25.3 Å². The van der Waals surface area contributed by atoms with Gasteiger partial charge in [-0.3, -0.25) is 4.79 Å². The Morgan fingerprint density at radius 2 is 1.77 bits per heavy atom. The number of fused-ring (bicyclic) bond motifs is 1. The van der Waals surface area contributed by atoms with E-state index >= 15 is 0 Å². The number of halogens is 1. The Hall–Kier alpha value is -2.42. The van der Waals surface area contributed by atoms with Crippen molar-refractivity contribution in [3.63, 3.8) is 0 Å². The Kier molecular flexibility index (Phi) is 5.70. The second kappa shape index (κ2) is 7.45. The lowest BCUT2D eigenvalue weighted by atomic mass is 10.0. The van der Waals surface area contributed by atoms with E-state index in [-0.39, 0.29) is 23.7 Å². The zero-order valence-corrected chi connectivity index (χ0v) is 15.8. The fourth-order valence-corrected chi connectivity index (χ4v) is 3.32. The zero-order valence-electron chi connectivity index (χ0n) is 14.2. The fourth-order valence-electron chi connectivity index (χ4n) is 2.66. The second-order valence-electron chi connectivity index (χ2n) is 5.69. The molecule has 2 N–H and O–H groups in total. The minimum absolute atomic E-state index is 0. The SMILES string of the molecule is COc1ccc2c(-c3ccc(CS(N)(=O)=O)cc3)nn(C)c(=O)c2c1.Cl. The van der Waals surface area contributed by atoms with E-state index in [4.69, 9.17) is 9.88 Å². The van der Waals surface area contributed by atoms with Gasteiger partial charge in [0.2, 0.25) is 10.0 Å². The minimum atomic E-state index is -3.58. The number of primary sulfonamides is 1. The molecule has 7 nitrogen and oxygen atoms in total. The molecule has 0 aliphatic heterocycles. The Balaban J connectivity index is 0.00000243. The van der Waals surface area contributed by atoms with Gasteiger partial charge in [0.1, 0.15) is 5.75 Å². The van der Waals surface area contributed by atoms with E-state index in [9.17, 15) is 13.2 Å². The Morgan fingerprint density at radius 1 is 1.12 bits per heavy atom. The summed E-state index contributed by atoms with van der Waals surface area (Å²) in [5.74, 6) is 0.358. The van der Waals surface area contributed by atoms with E-state index in [1.54, 1.807) is 49.5 Å². The predicted molar refractivity (Wildman–Crippen MR) is 103 cm³/mol. The molecule has 2 aromatic carbocycles. The molecule has 1 aromatic heterocycles. The monoisotopic (exact) mass is 395 g/mol. The third-order valence-corrected chi connectivity index (χ3v) is 4.59. The van der Waals surface area contributed by atoms with Crippen molar-refractivity contribution in [1.82, 2.24) is 9.78 Å². The van der Waals surface area contributed by atoms with Crippen molar-refractivity contribution in [3.05, 3.63) is 58.4 Å². The van der Waals surface area contributed by atoms with Crippen LogP contribution in [0.15, 0.2) is 47.3 Å². The molecule has 26 heavy (non-hydrogen) atoms. The normalized spacial score (nSPS) is 11.2. The summed E-state index contributed by atoms with van der Waals surface area (Å²) >= 11 is 0. The molecule has 0 fully saturated rings. The molecule has 0 radical (unpaired) electrons. The molecular weight excluding hydrogens is 378 g/mol. The first-order valence-corrected chi connectivity index (χ1v) is 9.15. The quantitative estimate of drug-likeness (QED) is 0.725. The highest BCUT2D eigenvalue weighted by atomic mass is 35.5. The number of ether oxygens (including phenoxy) is 1. The molecule has 0 aliphatic carbocycles. The first-order valence-electron chi connectivity index (χ1n) is 7.43. The minimum Gasteiger partial charge on any atom is -0.497 e. The van der Waals surface area contributed by atoms with E-state index in [1.165, 1.54) is 11.8 Å². The topological polar surface area (TPSA) is 104 Å². The van der Waals surface area contributed by atoms with Crippen LogP contribution in [0.4, 0.5) is 0 Å². The number of aryl methyl sites for hydroxylation is 1. The smallest absolute Gasteiger partial charge is 0.274 e. The molecule has 1 heterocycles. The summed E-state index contributed by atoms with van der Waals surface area (Å²) < 4.78 is 28.8. The first-order chi connectivity index (χ1) is 11.8. The fraction of sp³-hybridized carbons (Fsp3) is 0.176. The standard InChI is InChI=1S/C17H17N3O4S.ClH/c1-20-17(21)15-9-13(24-2)7-8-14(15)16(19-20)12-5-3-11(4-6-12)10-25(18,22)23;/h3-9H,10H2,1-2H3,(H2,18,22,23);1H. The maximum atomic E-state index is 12.4. The van der Waals surface area contributed by atoms with Crippen molar-refractivity contribution < 1.29 is 13.2 Å².